The van der Waals surface area contributed by atoms with Crippen LogP contribution >= 0.6 is 0 Å². The third kappa shape index (κ3) is 2.71. The minimum atomic E-state index is -0.355. The van der Waals surface area contributed by atoms with E-state index in [4.69, 9.17) is 4.74 Å². The molecule has 0 aromatic heterocycles. The molecular formula is C16H20N2O3. The maximum absolute atomic E-state index is 12.7. The summed E-state index contributed by atoms with van der Waals surface area (Å²) in [7, 11) is 0. The van der Waals surface area contributed by atoms with Gasteiger partial charge in [-0.25, -0.2) is 4.90 Å². The van der Waals surface area contributed by atoms with E-state index in [-0.39, 0.29) is 36.5 Å². The van der Waals surface area contributed by atoms with Crippen LogP contribution in [0.5, 0.6) is 0 Å². The Morgan fingerprint density at radius 1 is 1.05 bits per heavy atom. The van der Waals surface area contributed by atoms with E-state index < -0.39 is 0 Å². The van der Waals surface area contributed by atoms with Crippen molar-refractivity contribution in [1.29, 1.82) is 0 Å². The Morgan fingerprint density at radius 3 is 2.29 bits per heavy atom. The molecule has 21 heavy (non-hydrogen) atoms. The minimum absolute atomic E-state index is 0.0856. The van der Waals surface area contributed by atoms with Gasteiger partial charge in [-0.1, -0.05) is 18.2 Å². The Balaban J connectivity index is 1.80. The van der Waals surface area contributed by atoms with Crippen LogP contribution in [0.1, 0.15) is 20.3 Å². The van der Waals surface area contributed by atoms with Crippen molar-refractivity contribution < 1.29 is 14.3 Å². The number of hydrogen-bond donors (Lipinski definition) is 0. The number of rotatable bonds is 2. The molecule has 2 fully saturated rings. The fourth-order valence-electron chi connectivity index (χ4n) is 3.22. The molecule has 2 saturated heterocycles. The molecule has 3 rings (SSSR count). The monoisotopic (exact) mass is 288 g/mol. The number of benzene rings is 1. The van der Waals surface area contributed by atoms with E-state index in [2.05, 4.69) is 4.90 Å². The molecule has 3 atom stereocenters. The van der Waals surface area contributed by atoms with Gasteiger partial charge in [0.05, 0.1) is 30.4 Å². The molecule has 1 aromatic carbocycles. The molecule has 0 radical (unpaired) electrons. The van der Waals surface area contributed by atoms with Crippen LogP contribution in [0.15, 0.2) is 30.3 Å². The number of anilines is 1. The van der Waals surface area contributed by atoms with Gasteiger partial charge in [-0.15, -0.1) is 0 Å². The number of nitrogens with zero attached hydrogens (tertiary/aromatic N) is 2. The third-order valence-electron chi connectivity index (χ3n) is 4.03. The highest BCUT2D eigenvalue weighted by Gasteiger charge is 2.44. The fourth-order valence-corrected chi connectivity index (χ4v) is 3.22. The molecule has 5 heteroatoms. The Labute approximate surface area is 124 Å². The number of carbonyl (C=O) groups is 2. The van der Waals surface area contributed by atoms with Crippen molar-refractivity contribution in [2.24, 2.45) is 0 Å². The summed E-state index contributed by atoms with van der Waals surface area (Å²) in [6, 6.07) is 8.78. The van der Waals surface area contributed by atoms with Gasteiger partial charge in [0.2, 0.25) is 5.91 Å². The number of carbonyl (C=O) groups excluding carboxylic acids is 2. The zero-order valence-electron chi connectivity index (χ0n) is 12.4. The first-order valence-electron chi connectivity index (χ1n) is 7.37. The largest absolute Gasteiger partial charge is 0.373 e. The standard InChI is InChI=1S/C16H20N2O3/c1-11-9-17(10-12(2)21-11)14-8-15(19)18(16(14)20)13-6-4-3-5-7-13/h3-7,11-12,14H,8-10H2,1-2H3/t11-,12-,14-/m1/s1. The van der Waals surface area contributed by atoms with Crippen LogP contribution in [-0.4, -0.2) is 48.1 Å². The summed E-state index contributed by atoms with van der Waals surface area (Å²) in [5.74, 6) is -0.240. The van der Waals surface area contributed by atoms with Gasteiger partial charge in [0, 0.05) is 13.1 Å². The van der Waals surface area contributed by atoms with Crippen molar-refractivity contribution in [3.05, 3.63) is 30.3 Å². The Kier molecular flexibility index (Phi) is 3.78. The van der Waals surface area contributed by atoms with Crippen LogP contribution in [0.3, 0.4) is 0 Å². The second-order valence-electron chi connectivity index (χ2n) is 5.83. The average Bonchev–Trinajstić information content (AvgIpc) is 2.74. The number of para-hydroxylation sites is 1. The van der Waals surface area contributed by atoms with Crippen molar-refractivity contribution in [1.82, 2.24) is 4.90 Å². The molecule has 0 saturated carbocycles. The Morgan fingerprint density at radius 2 is 1.67 bits per heavy atom. The Bertz CT molecular complexity index is 536. The smallest absolute Gasteiger partial charge is 0.251 e. The van der Waals surface area contributed by atoms with Crippen molar-refractivity contribution >= 4 is 17.5 Å². The first-order valence-corrected chi connectivity index (χ1v) is 7.37. The minimum Gasteiger partial charge on any atom is -0.373 e. The average molecular weight is 288 g/mol. The number of ether oxygens (including phenoxy) is 1. The van der Waals surface area contributed by atoms with Gasteiger partial charge in [-0.2, -0.15) is 0 Å². The summed E-state index contributed by atoms with van der Waals surface area (Å²) in [5.41, 5.74) is 0.657. The normalized spacial score (nSPS) is 31.0. The summed E-state index contributed by atoms with van der Waals surface area (Å²) in [6.45, 7) is 5.38. The molecule has 2 amide bonds. The lowest BCUT2D eigenvalue weighted by Crippen LogP contribution is -2.52. The van der Waals surface area contributed by atoms with Gasteiger partial charge >= 0.3 is 0 Å². The van der Waals surface area contributed by atoms with Gasteiger partial charge in [0.15, 0.2) is 0 Å². The lowest BCUT2D eigenvalue weighted by molar-refractivity contribution is -0.127. The highest BCUT2D eigenvalue weighted by molar-refractivity contribution is 6.22. The van der Waals surface area contributed by atoms with Gasteiger partial charge in [-0.3, -0.25) is 14.5 Å². The lowest BCUT2D eigenvalue weighted by atomic mass is 10.1. The topological polar surface area (TPSA) is 49.9 Å². The molecule has 0 bridgehead atoms. The van der Waals surface area contributed by atoms with Gasteiger partial charge in [0.25, 0.3) is 5.91 Å². The van der Waals surface area contributed by atoms with Gasteiger partial charge in [-0.05, 0) is 26.0 Å². The summed E-state index contributed by atoms with van der Waals surface area (Å²) < 4.78 is 5.70. The number of morpholine rings is 1. The molecule has 0 unspecified atom stereocenters. The van der Waals surface area contributed by atoms with Gasteiger partial charge < -0.3 is 4.74 Å². The quantitative estimate of drug-likeness (QED) is 0.773. The molecular weight excluding hydrogens is 268 g/mol. The molecule has 1 aromatic rings. The van der Waals surface area contributed by atoms with E-state index in [1.165, 1.54) is 4.90 Å². The molecule has 2 aliphatic rings. The van der Waals surface area contributed by atoms with Crippen LogP contribution in [0.25, 0.3) is 0 Å². The van der Waals surface area contributed by atoms with Crippen molar-refractivity contribution in [2.45, 2.75) is 38.5 Å². The highest BCUT2D eigenvalue weighted by Crippen LogP contribution is 2.27. The van der Waals surface area contributed by atoms with E-state index in [0.717, 1.165) is 0 Å². The number of hydrogen-bond acceptors (Lipinski definition) is 4. The van der Waals surface area contributed by atoms with Crippen LogP contribution in [0, 0.1) is 0 Å². The SMILES string of the molecule is C[C@@H]1CN([C@@H]2CC(=O)N(c3ccccc3)C2=O)C[C@@H](C)O1. The zero-order chi connectivity index (χ0) is 15.0. The molecule has 5 nitrogen and oxygen atoms in total. The molecule has 2 heterocycles. The second-order valence-corrected chi connectivity index (χ2v) is 5.83. The van der Waals surface area contributed by atoms with Crippen LogP contribution in [0.2, 0.25) is 0 Å². The fraction of sp³-hybridized carbons (Fsp3) is 0.500. The lowest BCUT2D eigenvalue weighted by Gasteiger charge is -2.37. The summed E-state index contributed by atoms with van der Waals surface area (Å²) in [4.78, 5) is 28.3. The van der Waals surface area contributed by atoms with E-state index in [1.54, 1.807) is 12.1 Å². The predicted octanol–water partition coefficient (Wildman–Crippen LogP) is 1.43. The molecule has 2 aliphatic heterocycles. The number of amides is 2. The number of imide groups is 1. The first kappa shape index (κ1) is 14.2. The predicted molar refractivity (Wildman–Crippen MR) is 78.9 cm³/mol. The molecule has 0 spiro atoms. The van der Waals surface area contributed by atoms with Crippen LogP contribution < -0.4 is 4.90 Å². The van der Waals surface area contributed by atoms with Crippen LogP contribution in [-0.2, 0) is 14.3 Å². The van der Waals surface area contributed by atoms with E-state index in [9.17, 15) is 9.59 Å². The second kappa shape index (κ2) is 5.58. The maximum atomic E-state index is 12.7. The summed E-state index contributed by atoms with van der Waals surface area (Å²) >= 11 is 0. The van der Waals surface area contributed by atoms with Crippen LogP contribution in [0.4, 0.5) is 5.69 Å². The molecule has 0 aliphatic carbocycles. The van der Waals surface area contributed by atoms with Gasteiger partial charge in [0.1, 0.15) is 0 Å². The van der Waals surface area contributed by atoms with E-state index >= 15 is 0 Å². The van der Waals surface area contributed by atoms with Crippen molar-refractivity contribution in [3.63, 3.8) is 0 Å². The summed E-state index contributed by atoms with van der Waals surface area (Å²) in [5, 5.41) is 0. The molecule has 0 N–H and O–H groups in total. The molecule has 112 valence electrons. The van der Waals surface area contributed by atoms with E-state index in [1.807, 2.05) is 32.0 Å². The zero-order valence-corrected chi connectivity index (χ0v) is 12.4. The van der Waals surface area contributed by atoms with E-state index in [0.29, 0.717) is 18.8 Å². The highest BCUT2D eigenvalue weighted by atomic mass is 16.5. The van der Waals surface area contributed by atoms with Crippen molar-refractivity contribution in [2.75, 3.05) is 18.0 Å². The maximum Gasteiger partial charge on any atom is 0.251 e. The third-order valence-corrected chi connectivity index (χ3v) is 4.03. The van der Waals surface area contributed by atoms with Crippen molar-refractivity contribution in [3.8, 4) is 0 Å². The first-order chi connectivity index (χ1) is 10.1. The summed E-state index contributed by atoms with van der Waals surface area (Å²) in [6.07, 6.45) is 0.428. The Hall–Kier alpha value is -1.72.